The summed E-state index contributed by atoms with van der Waals surface area (Å²) in [6.07, 6.45) is 12.7. The van der Waals surface area contributed by atoms with Crippen LogP contribution in [0.2, 0.25) is 0 Å². The minimum atomic E-state index is -4.25. The summed E-state index contributed by atoms with van der Waals surface area (Å²) in [4.78, 5) is 10.7. The highest BCUT2D eigenvalue weighted by Crippen LogP contribution is 2.51. The Morgan fingerprint density at radius 2 is 1.55 bits per heavy atom. The molecule has 4 N–H and O–H groups in total. The summed E-state index contributed by atoms with van der Waals surface area (Å²) in [6, 6.07) is 10.1. The Kier molecular flexibility index (Phi) is 15.4. The quantitative estimate of drug-likeness (QED) is 0.183. The van der Waals surface area contributed by atoms with Crippen LogP contribution in [0.3, 0.4) is 0 Å². The van der Waals surface area contributed by atoms with Gasteiger partial charge in [-0.3, -0.25) is 4.52 Å². The average Bonchev–Trinajstić information content (AvgIpc) is 2.76. The third kappa shape index (κ3) is 12.5. The van der Waals surface area contributed by atoms with Crippen molar-refractivity contribution in [2.45, 2.75) is 96.5 Å². The lowest BCUT2D eigenvalue weighted by Crippen LogP contribution is -2.38. The van der Waals surface area contributed by atoms with E-state index in [0.29, 0.717) is 32.7 Å². The first-order valence-corrected chi connectivity index (χ1v) is 14.1. The molecule has 1 aromatic carbocycles. The highest BCUT2D eigenvalue weighted by Gasteiger charge is 2.40. The topological polar surface area (TPSA) is 103 Å². The summed E-state index contributed by atoms with van der Waals surface area (Å²) >= 11 is 0. The van der Waals surface area contributed by atoms with E-state index in [2.05, 4.69) is 26.0 Å². The fourth-order valence-electron chi connectivity index (χ4n) is 4.47. The van der Waals surface area contributed by atoms with E-state index in [0.717, 1.165) is 37.7 Å². The summed E-state index contributed by atoms with van der Waals surface area (Å²) in [7, 11) is -4.25. The second-order valence-electron chi connectivity index (χ2n) is 9.00. The van der Waals surface area contributed by atoms with Gasteiger partial charge >= 0.3 is 7.82 Å². The van der Waals surface area contributed by atoms with Gasteiger partial charge in [-0.05, 0) is 18.4 Å². The van der Waals surface area contributed by atoms with Crippen molar-refractivity contribution in [3.8, 4) is 0 Å². The molecule has 8 heteroatoms. The van der Waals surface area contributed by atoms with Crippen molar-refractivity contribution in [1.29, 1.82) is 0 Å². The molecule has 0 saturated carbocycles. The zero-order chi connectivity index (χ0) is 23.1. The molecular weight excluding hydrogens is 439 g/mol. The van der Waals surface area contributed by atoms with Crippen molar-refractivity contribution in [3.05, 3.63) is 35.9 Å². The van der Waals surface area contributed by atoms with E-state index in [4.69, 9.17) is 13.9 Å². The Morgan fingerprint density at radius 1 is 0.939 bits per heavy atom. The SMILES string of the molecule is CCCCCCCCCCC(CCC)(Cc1ccccc1)OP(=O)(O)ON1CCOCC1.N. The average molecular weight is 487 g/mol. The molecular formula is C25H47N2O5P. The van der Waals surface area contributed by atoms with Crippen LogP contribution in [0.1, 0.15) is 90.0 Å². The van der Waals surface area contributed by atoms with Gasteiger partial charge in [0.1, 0.15) is 0 Å². The number of unbranched alkanes of at least 4 members (excludes halogenated alkanes) is 7. The fourth-order valence-corrected chi connectivity index (χ4v) is 5.69. The smallest absolute Gasteiger partial charge is 0.379 e. The molecule has 0 aliphatic carbocycles. The molecule has 1 heterocycles. The Morgan fingerprint density at radius 3 is 2.15 bits per heavy atom. The maximum absolute atomic E-state index is 13.0. The lowest BCUT2D eigenvalue weighted by molar-refractivity contribution is -0.145. The zero-order valence-electron chi connectivity index (χ0n) is 20.9. The molecule has 1 saturated heterocycles. The normalized spacial score (nSPS) is 18.3. The minimum absolute atomic E-state index is 0. The molecule has 7 nitrogen and oxygen atoms in total. The Bertz CT molecular complexity index is 657. The van der Waals surface area contributed by atoms with E-state index in [9.17, 15) is 9.46 Å². The van der Waals surface area contributed by atoms with Gasteiger partial charge in [0.15, 0.2) is 0 Å². The highest BCUT2D eigenvalue weighted by molar-refractivity contribution is 7.47. The first-order valence-electron chi connectivity index (χ1n) is 12.6. The molecule has 1 aromatic rings. The summed E-state index contributed by atoms with van der Waals surface area (Å²) < 4.78 is 29.8. The molecule has 2 unspecified atom stereocenters. The first-order chi connectivity index (χ1) is 15.5. The second-order valence-corrected chi connectivity index (χ2v) is 10.3. The molecule has 2 atom stereocenters. The predicted molar refractivity (Wildman–Crippen MR) is 134 cm³/mol. The van der Waals surface area contributed by atoms with Gasteiger partial charge < -0.3 is 15.8 Å². The molecule has 0 spiro atoms. The van der Waals surface area contributed by atoms with Crippen molar-refractivity contribution in [3.63, 3.8) is 0 Å². The van der Waals surface area contributed by atoms with Crippen molar-refractivity contribution in [1.82, 2.24) is 11.2 Å². The molecule has 0 radical (unpaired) electrons. The van der Waals surface area contributed by atoms with Gasteiger partial charge in [0.2, 0.25) is 0 Å². The van der Waals surface area contributed by atoms with E-state index in [1.807, 2.05) is 18.2 Å². The predicted octanol–water partition coefficient (Wildman–Crippen LogP) is 6.84. The lowest BCUT2D eigenvalue weighted by atomic mass is 9.85. The molecule has 33 heavy (non-hydrogen) atoms. The number of hydroxylamine groups is 2. The van der Waals surface area contributed by atoms with E-state index >= 15 is 0 Å². The number of morpholine rings is 1. The van der Waals surface area contributed by atoms with E-state index in [1.165, 1.54) is 43.6 Å². The molecule has 0 bridgehead atoms. The summed E-state index contributed by atoms with van der Waals surface area (Å²) in [5.41, 5.74) is 0.404. The number of hydrogen-bond acceptors (Lipinski definition) is 6. The highest BCUT2D eigenvalue weighted by atomic mass is 31.2. The largest absolute Gasteiger partial charge is 0.489 e. The first kappa shape index (κ1) is 30.2. The van der Waals surface area contributed by atoms with Crippen LogP contribution in [-0.2, 0) is 24.9 Å². The number of phosphoric acid groups is 1. The van der Waals surface area contributed by atoms with Gasteiger partial charge in [-0.1, -0.05) is 102 Å². The Hall–Kier alpha value is -0.790. The van der Waals surface area contributed by atoms with Gasteiger partial charge in [-0.15, -0.1) is 0 Å². The van der Waals surface area contributed by atoms with Crippen LogP contribution in [0.15, 0.2) is 30.3 Å². The lowest BCUT2D eigenvalue weighted by Gasteiger charge is -2.36. The number of phosphoric ester groups is 1. The molecule has 2 rings (SSSR count). The van der Waals surface area contributed by atoms with E-state index in [-0.39, 0.29) is 6.15 Å². The van der Waals surface area contributed by atoms with Gasteiger partial charge in [0, 0.05) is 19.5 Å². The van der Waals surface area contributed by atoms with E-state index in [1.54, 1.807) is 0 Å². The summed E-state index contributed by atoms with van der Waals surface area (Å²) in [5, 5.41) is 1.50. The summed E-state index contributed by atoms with van der Waals surface area (Å²) in [6.45, 7) is 6.24. The van der Waals surface area contributed by atoms with Crippen LogP contribution in [0.25, 0.3) is 0 Å². The van der Waals surface area contributed by atoms with Crippen LogP contribution in [0.5, 0.6) is 0 Å². The van der Waals surface area contributed by atoms with Crippen molar-refractivity contribution in [2.75, 3.05) is 26.3 Å². The Balaban J connectivity index is 0.00000544. The molecule has 0 aromatic heterocycles. The molecule has 1 fully saturated rings. The van der Waals surface area contributed by atoms with E-state index < -0.39 is 13.4 Å². The number of hydrogen-bond donors (Lipinski definition) is 2. The van der Waals surface area contributed by atoms with Crippen LogP contribution in [0.4, 0.5) is 0 Å². The minimum Gasteiger partial charge on any atom is -0.379 e. The van der Waals surface area contributed by atoms with Crippen LogP contribution < -0.4 is 6.15 Å². The van der Waals surface area contributed by atoms with Gasteiger partial charge in [0.05, 0.1) is 18.8 Å². The van der Waals surface area contributed by atoms with Gasteiger partial charge in [-0.25, -0.2) is 4.57 Å². The summed E-state index contributed by atoms with van der Waals surface area (Å²) in [5.74, 6) is 0. The number of ether oxygens (including phenoxy) is 1. The van der Waals surface area contributed by atoms with Crippen LogP contribution >= 0.6 is 7.82 Å². The fraction of sp³-hybridized carbons (Fsp3) is 0.760. The molecule has 1 aliphatic rings. The van der Waals surface area contributed by atoms with Crippen LogP contribution in [-0.4, -0.2) is 41.9 Å². The number of benzene rings is 1. The van der Waals surface area contributed by atoms with Gasteiger partial charge in [-0.2, -0.15) is 9.69 Å². The van der Waals surface area contributed by atoms with Crippen LogP contribution in [0, 0.1) is 0 Å². The number of nitrogens with zero attached hydrogens (tertiary/aromatic N) is 1. The maximum Gasteiger partial charge on any atom is 0.489 e. The molecule has 0 amide bonds. The third-order valence-electron chi connectivity index (χ3n) is 6.06. The Labute approximate surface area is 201 Å². The van der Waals surface area contributed by atoms with Crippen molar-refractivity contribution < 1.29 is 23.3 Å². The molecule has 192 valence electrons. The number of rotatable bonds is 17. The third-order valence-corrected chi connectivity index (χ3v) is 7.11. The van der Waals surface area contributed by atoms with Crippen molar-refractivity contribution >= 4 is 7.82 Å². The monoisotopic (exact) mass is 486 g/mol. The zero-order valence-corrected chi connectivity index (χ0v) is 21.8. The molecule has 1 aliphatic heterocycles. The van der Waals surface area contributed by atoms with Crippen molar-refractivity contribution in [2.24, 2.45) is 0 Å². The van der Waals surface area contributed by atoms with Gasteiger partial charge in [0.25, 0.3) is 0 Å². The second kappa shape index (κ2) is 16.8. The standard InChI is InChI=1S/C25H44NO5P.H3N/c1-3-5-6-7-8-9-10-14-18-25(17-4-2,23-24-15-12-11-13-16-24)30-32(27,28)31-26-19-21-29-22-20-26;/h11-13,15-16H,3-10,14,17-23H2,1-2H3,(H,27,28);1H3. The maximum atomic E-state index is 13.0.